The van der Waals surface area contributed by atoms with Gasteiger partial charge < -0.3 is 11.1 Å². The zero-order valence-electron chi connectivity index (χ0n) is 7.74. The zero-order chi connectivity index (χ0) is 9.36. The summed E-state index contributed by atoms with van der Waals surface area (Å²) in [6.45, 7) is 2.41. The summed E-state index contributed by atoms with van der Waals surface area (Å²) >= 11 is 0. The van der Waals surface area contributed by atoms with Gasteiger partial charge in [-0.25, -0.2) is 0 Å². The minimum atomic E-state index is 0.618. The Kier molecular flexibility index (Phi) is 4.91. The lowest BCUT2D eigenvalue weighted by Gasteiger charge is -2.00. The Balaban J connectivity index is 2.17. The highest BCUT2D eigenvalue weighted by Gasteiger charge is 1.87. The molecular formula is C11H16N2. The highest BCUT2D eigenvalue weighted by Crippen LogP contribution is 1.96. The first-order valence-corrected chi connectivity index (χ1v) is 4.53. The van der Waals surface area contributed by atoms with Crippen molar-refractivity contribution in [1.29, 1.82) is 0 Å². The van der Waals surface area contributed by atoms with Gasteiger partial charge in [0.2, 0.25) is 0 Å². The van der Waals surface area contributed by atoms with Crippen LogP contribution in [-0.4, -0.2) is 13.1 Å². The molecule has 0 saturated heterocycles. The van der Waals surface area contributed by atoms with Crippen molar-refractivity contribution in [2.45, 2.75) is 6.54 Å². The molecule has 70 valence electrons. The van der Waals surface area contributed by atoms with Gasteiger partial charge in [-0.15, -0.1) is 0 Å². The van der Waals surface area contributed by atoms with Crippen molar-refractivity contribution in [2.24, 2.45) is 5.73 Å². The van der Waals surface area contributed by atoms with E-state index < -0.39 is 0 Å². The van der Waals surface area contributed by atoms with E-state index in [2.05, 4.69) is 17.4 Å². The van der Waals surface area contributed by atoms with Gasteiger partial charge in [-0.2, -0.15) is 0 Å². The first-order chi connectivity index (χ1) is 6.43. The van der Waals surface area contributed by atoms with Gasteiger partial charge in [-0.05, 0) is 5.56 Å². The van der Waals surface area contributed by atoms with Crippen LogP contribution in [0.3, 0.4) is 0 Å². The van der Waals surface area contributed by atoms with E-state index in [1.54, 1.807) is 0 Å². The van der Waals surface area contributed by atoms with E-state index in [1.807, 2.05) is 30.4 Å². The fraction of sp³-hybridized carbons (Fsp3) is 0.273. The smallest absolute Gasteiger partial charge is 0.0208 e. The van der Waals surface area contributed by atoms with Crippen molar-refractivity contribution >= 4 is 0 Å². The molecule has 0 amide bonds. The van der Waals surface area contributed by atoms with Gasteiger partial charge in [0.25, 0.3) is 0 Å². The van der Waals surface area contributed by atoms with E-state index in [0.29, 0.717) is 6.54 Å². The average molecular weight is 176 g/mol. The molecule has 0 aliphatic carbocycles. The zero-order valence-corrected chi connectivity index (χ0v) is 7.74. The highest BCUT2D eigenvalue weighted by atomic mass is 14.8. The second-order valence-corrected chi connectivity index (χ2v) is 2.82. The molecule has 0 aliphatic rings. The van der Waals surface area contributed by atoms with Gasteiger partial charge in [-0.1, -0.05) is 42.5 Å². The second kappa shape index (κ2) is 6.40. The Morgan fingerprint density at radius 3 is 2.62 bits per heavy atom. The van der Waals surface area contributed by atoms with Crippen molar-refractivity contribution in [3.63, 3.8) is 0 Å². The Morgan fingerprint density at radius 1 is 1.15 bits per heavy atom. The maximum absolute atomic E-state index is 5.31. The van der Waals surface area contributed by atoms with Crippen molar-refractivity contribution in [1.82, 2.24) is 5.32 Å². The number of hydrogen-bond acceptors (Lipinski definition) is 2. The van der Waals surface area contributed by atoms with Crippen molar-refractivity contribution < 1.29 is 0 Å². The number of nitrogens with one attached hydrogen (secondary N) is 1. The molecule has 1 rings (SSSR count). The molecule has 0 fully saturated rings. The number of benzene rings is 1. The lowest BCUT2D eigenvalue weighted by atomic mass is 10.2. The van der Waals surface area contributed by atoms with Crippen LogP contribution in [0.2, 0.25) is 0 Å². The molecule has 0 saturated carbocycles. The third-order valence-corrected chi connectivity index (χ3v) is 1.74. The van der Waals surface area contributed by atoms with Crippen molar-refractivity contribution in [2.75, 3.05) is 13.1 Å². The Bertz CT molecular complexity index is 242. The molecule has 3 N–H and O–H groups in total. The molecule has 0 heterocycles. The minimum absolute atomic E-state index is 0.618. The molecule has 1 aromatic carbocycles. The van der Waals surface area contributed by atoms with Crippen LogP contribution in [0.15, 0.2) is 42.5 Å². The minimum Gasteiger partial charge on any atom is -0.327 e. The van der Waals surface area contributed by atoms with Crippen LogP contribution < -0.4 is 11.1 Å². The summed E-state index contributed by atoms with van der Waals surface area (Å²) in [5.41, 5.74) is 6.62. The maximum atomic E-state index is 5.31. The molecule has 2 heteroatoms. The molecule has 0 atom stereocenters. The van der Waals surface area contributed by atoms with E-state index in [0.717, 1.165) is 13.1 Å². The predicted molar refractivity (Wildman–Crippen MR) is 56.3 cm³/mol. The first kappa shape index (κ1) is 9.96. The standard InChI is InChI=1S/C11H16N2/c12-8-4-5-9-13-10-11-6-2-1-3-7-11/h1-7,13H,8-10,12H2. The summed E-state index contributed by atoms with van der Waals surface area (Å²) < 4.78 is 0. The molecular weight excluding hydrogens is 160 g/mol. The fourth-order valence-corrected chi connectivity index (χ4v) is 1.08. The quantitative estimate of drug-likeness (QED) is 0.524. The van der Waals surface area contributed by atoms with Gasteiger partial charge >= 0.3 is 0 Å². The molecule has 0 bridgehead atoms. The monoisotopic (exact) mass is 176 g/mol. The van der Waals surface area contributed by atoms with Crippen molar-refractivity contribution in [3.05, 3.63) is 48.0 Å². The van der Waals surface area contributed by atoms with Gasteiger partial charge in [0.1, 0.15) is 0 Å². The van der Waals surface area contributed by atoms with Crippen LogP contribution in [0.1, 0.15) is 5.56 Å². The lowest BCUT2D eigenvalue weighted by molar-refractivity contribution is 0.759. The molecule has 1 aromatic rings. The van der Waals surface area contributed by atoms with Gasteiger partial charge in [0.15, 0.2) is 0 Å². The second-order valence-electron chi connectivity index (χ2n) is 2.82. The topological polar surface area (TPSA) is 38.0 Å². The summed E-state index contributed by atoms with van der Waals surface area (Å²) in [6.07, 6.45) is 4.00. The normalized spacial score (nSPS) is 10.8. The van der Waals surface area contributed by atoms with E-state index in [1.165, 1.54) is 5.56 Å². The maximum Gasteiger partial charge on any atom is 0.0208 e. The van der Waals surface area contributed by atoms with Gasteiger partial charge in [-0.3, -0.25) is 0 Å². The van der Waals surface area contributed by atoms with E-state index in [9.17, 15) is 0 Å². The largest absolute Gasteiger partial charge is 0.327 e. The van der Waals surface area contributed by atoms with Crippen LogP contribution in [0, 0.1) is 0 Å². The Hall–Kier alpha value is -1.12. The van der Waals surface area contributed by atoms with E-state index in [4.69, 9.17) is 5.73 Å². The molecule has 2 nitrogen and oxygen atoms in total. The SMILES string of the molecule is NCC=CCNCc1ccccc1. The average Bonchev–Trinajstić information content (AvgIpc) is 2.19. The highest BCUT2D eigenvalue weighted by molar-refractivity contribution is 5.14. The van der Waals surface area contributed by atoms with E-state index in [-0.39, 0.29) is 0 Å². The number of nitrogens with two attached hydrogens (primary N) is 1. The fourth-order valence-electron chi connectivity index (χ4n) is 1.08. The number of hydrogen-bond donors (Lipinski definition) is 2. The third kappa shape index (κ3) is 4.45. The molecule has 13 heavy (non-hydrogen) atoms. The van der Waals surface area contributed by atoms with Gasteiger partial charge in [0.05, 0.1) is 0 Å². The van der Waals surface area contributed by atoms with Crippen LogP contribution in [-0.2, 0) is 6.54 Å². The van der Waals surface area contributed by atoms with Crippen LogP contribution in [0.25, 0.3) is 0 Å². The van der Waals surface area contributed by atoms with Crippen LogP contribution in [0.4, 0.5) is 0 Å². The summed E-state index contributed by atoms with van der Waals surface area (Å²) in [7, 11) is 0. The molecule has 0 aromatic heterocycles. The molecule has 0 radical (unpaired) electrons. The lowest BCUT2D eigenvalue weighted by Crippen LogP contribution is -2.12. The summed E-state index contributed by atoms with van der Waals surface area (Å²) in [4.78, 5) is 0. The Morgan fingerprint density at radius 2 is 1.92 bits per heavy atom. The molecule has 0 spiro atoms. The summed E-state index contributed by atoms with van der Waals surface area (Å²) in [5, 5.41) is 3.29. The first-order valence-electron chi connectivity index (χ1n) is 4.53. The van der Waals surface area contributed by atoms with Crippen LogP contribution in [0.5, 0.6) is 0 Å². The molecule has 0 aliphatic heterocycles. The van der Waals surface area contributed by atoms with Gasteiger partial charge in [0, 0.05) is 19.6 Å². The van der Waals surface area contributed by atoms with Crippen molar-refractivity contribution in [3.8, 4) is 0 Å². The van der Waals surface area contributed by atoms with Crippen LogP contribution >= 0.6 is 0 Å². The predicted octanol–water partition coefficient (Wildman–Crippen LogP) is 1.29. The Labute approximate surface area is 79.5 Å². The molecule has 0 unspecified atom stereocenters. The summed E-state index contributed by atoms with van der Waals surface area (Å²) in [5.74, 6) is 0. The summed E-state index contributed by atoms with van der Waals surface area (Å²) in [6, 6.07) is 10.3. The number of rotatable bonds is 5. The third-order valence-electron chi connectivity index (χ3n) is 1.74. The van der Waals surface area contributed by atoms with E-state index >= 15 is 0 Å².